The lowest BCUT2D eigenvalue weighted by atomic mass is 9.90. The Morgan fingerprint density at radius 1 is 1.21 bits per heavy atom. The molecule has 0 aliphatic heterocycles. The molecule has 0 bridgehead atoms. The molecule has 1 aromatic heterocycles. The number of rotatable bonds is 2. The number of benzene rings is 1. The third-order valence-corrected chi connectivity index (χ3v) is 2.68. The first kappa shape index (κ1) is 13.1. The van der Waals surface area contributed by atoms with E-state index in [4.69, 9.17) is 0 Å². The fourth-order valence-electron chi connectivity index (χ4n) is 1.87. The van der Waals surface area contributed by atoms with Gasteiger partial charge in [-0.15, -0.1) is 5.10 Å². The van der Waals surface area contributed by atoms with Gasteiger partial charge in [-0.1, -0.05) is 26.0 Å². The minimum absolute atomic E-state index is 0.0550. The van der Waals surface area contributed by atoms with E-state index in [1.165, 1.54) is 16.8 Å². The molecule has 2 rings (SSSR count). The zero-order valence-corrected chi connectivity index (χ0v) is 11.0. The summed E-state index contributed by atoms with van der Waals surface area (Å²) in [6.07, 6.45) is 0. The third-order valence-electron chi connectivity index (χ3n) is 2.68. The first-order valence-corrected chi connectivity index (χ1v) is 5.79. The van der Waals surface area contributed by atoms with Crippen molar-refractivity contribution in [3.05, 3.63) is 35.7 Å². The second-order valence-electron chi connectivity index (χ2n) is 5.27. The number of aromatic nitrogens is 3. The summed E-state index contributed by atoms with van der Waals surface area (Å²) in [4.78, 5) is 11.2. The number of carboxylic acids is 1. The summed E-state index contributed by atoms with van der Waals surface area (Å²) in [6.45, 7) is 5.69. The number of hydrogen-bond donors (Lipinski definition) is 2. The van der Waals surface area contributed by atoms with Crippen molar-refractivity contribution in [3.8, 4) is 11.4 Å². The summed E-state index contributed by atoms with van der Waals surface area (Å²) in [5.74, 6) is -0.963. The van der Waals surface area contributed by atoms with Crippen molar-refractivity contribution >= 4 is 5.97 Å². The molecule has 0 amide bonds. The molecule has 0 saturated carbocycles. The van der Waals surface area contributed by atoms with E-state index in [1.54, 1.807) is 12.1 Å². The molecule has 0 spiro atoms. The second kappa shape index (κ2) is 4.38. The summed E-state index contributed by atoms with van der Waals surface area (Å²) >= 11 is 0. The largest absolute Gasteiger partial charge is 0.508 e. The second-order valence-corrected chi connectivity index (χ2v) is 5.27. The van der Waals surface area contributed by atoms with Crippen molar-refractivity contribution in [2.75, 3.05) is 0 Å². The molecule has 0 radical (unpaired) electrons. The number of nitrogens with zero attached hydrogens (tertiary/aromatic N) is 3. The number of carboxylic acid groups (broad SMARTS) is 1. The van der Waals surface area contributed by atoms with Gasteiger partial charge in [-0.3, -0.25) is 0 Å². The number of aromatic carboxylic acids is 1. The van der Waals surface area contributed by atoms with Crippen molar-refractivity contribution in [2.45, 2.75) is 26.2 Å². The van der Waals surface area contributed by atoms with Gasteiger partial charge in [0.15, 0.2) is 5.69 Å². The highest BCUT2D eigenvalue weighted by molar-refractivity contribution is 5.87. The van der Waals surface area contributed by atoms with Crippen LogP contribution in [0.4, 0.5) is 0 Å². The van der Waals surface area contributed by atoms with Crippen LogP contribution in [0.2, 0.25) is 0 Å². The van der Waals surface area contributed by atoms with Gasteiger partial charge in [0.2, 0.25) is 0 Å². The maximum atomic E-state index is 11.2. The van der Waals surface area contributed by atoms with E-state index < -0.39 is 11.4 Å². The first-order valence-electron chi connectivity index (χ1n) is 5.79. The zero-order chi connectivity index (χ0) is 14.2. The van der Waals surface area contributed by atoms with E-state index in [0.717, 1.165) is 0 Å². The van der Waals surface area contributed by atoms with E-state index in [-0.39, 0.29) is 11.4 Å². The topological polar surface area (TPSA) is 88.2 Å². The van der Waals surface area contributed by atoms with Gasteiger partial charge in [0.1, 0.15) is 5.75 Å². The molecule has 100 valence electrons. The van der Waals surface area contributed by atoms with Gasteiger partial charge in [-0.05, 0) is 24.3 Å². The number of phenols is 1. The van der Waals surface area contributed by atoms with Gasteiger partial charge >= 0.3 is 5.97 Å². The average molecular weight is 261 g/mol. The van der Waals surface area contributed by atoms with Gasteiger partial charge in [-0.25, -0.2) is 9.48 Å². The van der Waals surface area contributed by atoms with Gasteiger partial charge in [0, 0.05) is 5.41 Å². The van der Waals surface area contributed by atoms with Gasteiger partial charge in [0.05, 0.1) is 11.4 Å². The number of aromatic hydroxyl groups is 1. The molecular formula is C13H15N3O3. The fraction of sp³-hybridized carbons (Fsp3) is 0.308. The van der Waals surface area contributed by atoms with Crippen LogP contribution in [-0.2, 0) is 5.41 Å². The summed E-state index contributed by atoms with van der Waals surface area (Å²) < 4.78 is 1.49. The van der Waals surface area contributed by atoms with Crippen molar-refractivity contribution in [3.63, 3.8) is 0 Å². The summed E-state index contributed by atoms with van der Waals surface area (Å²) in [5.41, 5.74) is 0.698. The molecule has 0 saturated heterocycles. The molecule has 0 aliphatic rings. The van der Waals surface area contributed by atoms with Crippen molar-refractivity contribution < 1.29 is 15.0 Å². The molecule has 6 heteroatoms. The normalized spacial score (nSPS) is 11.5. The summed E-state index contributed by atoms with van der Waals surface area (Å²) in [7, 11) is 0. The first-order chi connectivity index (χ1) is 8.80. The summed E-state index contributed by atoms with van der Waals surface area (Å²) in [5, 5.41) is 26.1. The van der Waals surface area contributed by atoms with E-state index >= 15 is 0 Å². The monoisotopic (exact) mass is 261 g/mol. The van der Waals surface area contributed by atoms with E-state index in [9.17, 15) is 15.0 Å². The van der Waals surface area contributed by atoms with Crippen LogP contribution in [-0.4, -0.2) is 31.2 Å². The Bertz CT molecular complexity index is 609. The molecule has 1 aromatic carbocycles. The Kier molecular flexibility index (Phi) is 3.01. The molecule has 2 N–H and O–H groups in total. The van der Waals surface area contributed by atoms with Crippen LogP contribution in [0, 0.1) is 0 Å². The third kappa shape index (κ3) is 2.42. The lowest BCUT2D eigenvalue weighted by Gasteiger charge is -2.20. The highest BCUT2D eigenvalue weighted by atomic mass is 16.4. The van der Waals surface area contributed by atoms with E-state index in [2.05, 4.69) is 10.3 Å². The Morgan fingerprint density at radius 2 is 1.79 bits per heavy atom. The van der Waals surface area contributed by atoms with Crippen molar-refractivity contribution in [1.29, 1.82) is 0 Å². The highest BCUT2D eigenvalue weighted by Gasteiger charge is 2.29. The minimum Gasteiger partial charge on any atom is -0.508 e. The molecule has 0 aliphatic carbocycles. The van der Waals surface area contributed by atoms with Crippen molar-refractivity contribution in [2.24, 2.45) is 0 Å². The lowest BCUT2D eigenvalue weighted by molar-refractivity contribution is 0.0687. The van der Waals surface area contributed by atoms with E-state index in [1.807, 2.05) is 20.8 Å². The lowest BCUT2D eigenvalue weighted by Crippen LogP contribution is -2.21. The van der Waals surface area contributed by atoms with Crippen LogP contribution >= 0.6 is 0 Å². The number of carbonyl (C=O) groups is 1. The fourth-order valence-corrected chi connectivity index (χ4v) is 1.87. The molecule has 2 aromatic rings. The van der Waals surface area contributed by atoms with Crippen LogP contribution in [0.1, 0.15) is 37.0 Å². The van der Waals surface area contributed by atoms with Crippen molar-refractivity contribution in [1.82, 2.24) is 15.0 Å². The SMILES string of the molecule is CC(C)(C)c1c(C(=O)O)nnn1-c1ccc(O)cc1. The molecule has 0 fully saturated rings. The van der Waals surface area contributed by atoms with Gasteiger partial charge in [-0.2, -0.15) is 0 Å². The Balaban J connectivity index is 2.64. The predicted octanol–water partition coefficient (Wildman–Crippen LogP) is 1.97. The molecule has 0 unspecified atom stereocenters. The maximum Gasteiger partial charge on any atom is 0.358 e. The molecule has 1 heterocycles. The van der Waals surface area contributed by atoms with Crippen LogP contribution in [0.25, 0.3) is 5.69 Å². The molecule has 19 heavy (non-hydrogen) atoms. The van der Waals surface area contributed by atoms with Gasteiger partial charge in [0.25, 0.3) is 0 Å². The van der Waals surface area contributed by atoms with Crippen LogP contribution < -0.4 is 0 Å². The summed E-state index contributed by atoms with van der Waals surface area (Å²) in [6, 6.07) is 6.35. The minimum atomic E-state index is -1.10. The molecule has 6 nitrogen and oxygen atoms in total. The maximum absolute atomic E-state index is 11.2. The van der Waals surface area contributed by atoms with Crippen LogP contribution in [0.3, 0.4) is 0 Å². The number of phenolic OH excluding ortho intramolecular Hbond substituents is 1. The zero-order valence-electron chi connectivity index (χ0n) is 11.0. The van der Waals surface area contributed by atoms with Crippen LogP contribution in [0.15, 0.2) is 24.3 Å². The average Bonchev–Trinajstić information content (AvgIpc) is 2.74. The predicted molar refractivity (Wildman–Crippen MR) is 68.7 cm³/mol. The Labute approximate surface area is 110 Å². The van der Waals surface area contributed by atoms with Crippen LogP contribution in [0.5, 0.6) is 5.75 Å². The Hall–Kier alpha value is -2.37. The Morgan fingerprint density at radius 3 is 2.26 bits per heavy atom. The van der Waals surface area contributed by atoms with E-state index in [0.29, 0.717) is 11.4 Å². The number of hydrogen-bond acceptors (Lipinski definition) is 4. The van der Waals surface area contributed by atoms with Gasteiger partial charge < -0.3 is 10.2 Å². The highest BCUT2D eigenvalue weighted by Crippen LogP contribution is 2.27. The molecule has 0 atom stereocenters. The smallest absolute Gasteiger partial charge is 0.358 e. The standard InChI is InChI=1S/C13H15N3O3/c1-13(2,3)11-10(12(18)19)14-15-16(11)8-4-6-9(17)7-5-8/h4-7,17H,1-3H3,(H,18,19). The molecular weight excluding hydrogens is 246 g/mol. The quantitative estimate of drug-likeness (QED) is 0.862.